The minimum absolute atomic E-state index is 0.0271. The highest BCUT2D eigenvalue weighted by molar-refractivity contribution is 6.31. The normalized spacial score (nSPS) is 11.4. The van der Waals surface area contributed by atoms with Crippen LogP contribution in [0.1, 0.15) is 29.2 Å². The molecule has 0 saturated carbocycles. The van der Waals surface area contributed by atoms with Crippen LogP contribution in [-0.2, 0) is 11.3 Å². The lowest BCUT2D eigenvalue weighted by Gasteiger charge is -2.20. The second kappa shape index (κ2) is 12.1. The van der Waals surface area contributed by atoms with Crippen LogP contribution in [0.3, 0.4) is 0 Å². The third kappa shape index (κ3) is 6.77. The van der Waals surface area contributed by atoms with Gasteiger partial charge in [0.1, 0.15) is 11.5 Å². The van der Waals surface area contributed by atoms with Crippen molar-refractivity contribution in [2.75, 3.05) is 10.6 Å². The Labute approximate surface area is 224 Å². The van der Waals surface area contributed by atoms with Gasteiger partial charge in [-0.05, 0) is 42.3 Å². The van der Waals surface area contributed by atoms with Gasteiger partial charge in [0.25, 0.3) is 5.56 Å². The van der Waals surface area contributed by atoms with E-state index in [0.717, 1.165) is 11.1 Å². The molecule has 1 atom stereocenters. The molecule has 0 spiro atoms. The molecule has 0 saturated heterocycles. The summed E-state index contributed by atoms with van der Waals surface area (Å²) in [4.78, 5) is 42.3. The molecule has 38 heavy (non-hydrogen) atoms. The molecular weight excluding hydrogens is 506 g/mol. The number of carboxylic acid groups (broad SMARTS) is 1. The lowest BCUT2D eigenvalue weighted by atomic mass is 10.0. The molecule has 0 radical (unpaired) electrons. The van der Waals surface area contributed by atoms with Crippen LogP contribution >= 0.6 is 11.6 Å². The van der Waals surface area contributed by atoms with Crippen molar-refractivity contribution in [3.8, 4) is 0 Å². The van der Waals surface area contributed by atoms with Gasteiger partial charge < -0.3 is 25.6 Å². The highest BCUT2D eigenvalue weighted by Crippen LogP contribution is 2.23. The molecule has 2 amide bonds. The second-order valence-corrected chi connectivity index (χ2v) is 9.04. The second-order valence-electron chi connectivity index (χ2n) is 8.63. The Hall–Kier alpha value is -4.63. The number of aromatic nitrogens is 2. The number of nitrogens with zero attached hydrogens (tertiary/aromatic N) is 2. The first kappa shape index (κ1) is 26.4. The molecule has 194 valence electrons. The number of pyridine rings is 2. The molecule has 2 aromatic heterocycles. The maximum atomic E-state index is 13.5. The molecule has 9 nitrogen and oxygen atoms in total. The molecule has 0 aliphatic carbocycles. The van der Waals surface area contributed by atoms with Crippen LogP contribution in [0.2, 0.25) is 5.02 Å². The summed E-state index contributed by atoms with van der Waals surface area (Å²) in [6.45, 7) is 2.10. The lowest BCUT2D eigenvalue weighted by Crippen LogP contribution is -2.36. The molecule has 4 aromatic rings. The van der Waals surface area contributed by atoms with Crippen molar-refractivity contribution in [1.29, 1.82) is 0 Å². The quantitative estimate of drug-likeness (QED) is 0.231. The summed E-state index contributed by atoms with van der Waals surface area (Å²) in [5.74, 6) is -0.599. The standard InChI is InChI=1S/C28H26ClN5O4/c1-18-9-11-19(12-10-18)23(16-25(35)36)32-28(38)33-26-22(31-24-8-4-5-14-30-24)13-15-34(27(26)37)17-20-6-2-3-7-21(20)29/h2-15,23H,16-17H2,1H3,(H,30,31)(H,35,36)(H2,32,33,38)/t23-/m0/s1. The molecular formula is C28H26ClN5O4. The van der Waals surface area contributed by atoms with Gasteiger partial charge in [0.2, 0.25) is 0 Å². The maximum Gasteiger partial charge on any atom is 0.319 e. The summed E-state index contributed by atoms with van der Waals surface area (Å²) in [7, 11) is 0. The number of hydrogen-bond acceptors (Lipinski definition) is 5. The number of halogens is 1. The van der Waals surface area contributed by atoms with Crippen molar-refractivity contribution < 1.29 is 14.7 Å². The van der Waals surface area contributed by atoms with E-state index in [4.69, 9.17) is 11.6 Å². The SMILES string of the molecule is Cc1ccc([C@H](CC(=O)O)NC(=O)Nc2c(Nc3ccccn3)ccn(Cc3ccccc3Cl)c2=O)cc1. The van der Waals surface area contributed by atoms with Crippen LogP contribution in [-0.4, -0.2) is 26.7 Å². The van der Waals surface area contributed by atoms with Gasteiger partial charge in [-0.25, -0.2) is 9.78 Å². The molecule has 10 heteroatoms. The predicted molar refractivity (Wildman–Crippen MR) is 147 cm³/mol. The van der Waals surface area contributed by atoms with Crippen molar-refractivity contribution in [1.82, 2.24) is 14.9 Å². The smallest absolute Gasteiger partial charge is 0.319 e. The van der Waals surface area contributed by atoms with E-state index in [2.05, 4.69) is 20.9 Å². The van der Waals surface area contributed by atoms with Crippen LogP contribution in [0.4, 0.5) is 22.0 Å². The fourth-order valence-corrected chi connectivity index (χ4v) is 4.04. The van der Waals surface area contributed by atoms with E-state index < -0.39 is 23.6 Å². The summed E-state index contributed by atoms with van der Waals surface area (Å²) in [6.07, 6.45) is 2.86. The number of carboxylic acids is 1. The van der Waals surface area contributed by atoms with E-state index in [9.17, 15) is 19.5 Å². The molecule has 4 rings (SSSR count). The number of rotatable bonds is 9. The number of anilines is 3. The molecule has 0 bridgehead atoms. The number of benzene rings is 2. The van der Waals surface area contributed by atoms with Crippen LogP contribution in [0.25, 0.3) is 0 Å². The monoisotopic (exact) mass is 531 g/mol. The van der Waals surface area contributed by atoms with Crippen LogP contribution in [0.5, 0.6) is 0 Å². The Kier molecular flexibility index (Phi) is 8.40. The highest BCUT2D eigenvalue weighted by atomic mass is 35.5. The van der Waals surface area contributed by atoms with Gasteiger partial charge in [-0.3, -0.25) is 9.59 Å². The largest absolute Gasteiger partial charge is 0.481 e. The zero-order valence-electron chi connectivity index (χ0n) is 20.5. The van der Waals surface area contributed by atoms with Gasteiger partial charge >= 0.3 is 12.0 Å². The van der Waals surface area contributed by atoms with E-state index in [1.807, 2.05) is 31.2 Å². The number of amides is 2. The molecule has 2 aromatic carbocycles. The summed E-state index contributed by atoms with van der Waals surface area (Å²) < 4.78 is 1.43. The minimum Gasteiger partial charge on any atom is -0.481 e. The molecule has 2 heterocycles. The third-order valence-electron chi connectivity index (χ3n) is 5.79. The van der Waals surface area contributed by atoms with Crippen molar-refractivity contribution in [2.24, 2.45) is 0 Å². The van der Waals surface area contributed by atoms with Gasteiger partial charge in [0, 0.05) is 17.4 Å². The number of carbonyl (C=O) groups excluding carboxylic acids is 1. The Morgan fingerprint density at radius 2 is 1.76 bits per heavy atom. The number of hydrogen-bond donors (Lipinski definition) is 4. The number of aryl methyl sites for hydroxylation is 1. The molecule has 0 aliphatic rings. The number of urea groups is 1. The topological polar surface area (TPSA) is 125 Å². The average Bonchev–Trinajstić information content (AvgIpc) is 2.89. The molecule has 0 aliphatic heterocycles. The van der Waals surface area contributed by atoms with Crippen molar-refractivity contribution >= 4 is 40.8 Å². The van der Waals surface area contributed by atoms with Crippen LogP contribution in [0, 0.1) is 6.92 Å². The van der Waals surface area contributed by atoms with Gasteiger partial charge in [0.05, 0.1) is 24.7 Å². The minimum atomic E-state index is -1.07. The first-order chi connectivity index (χ1) is 18.3. The summed E-state index contributed by atoms with van der Waals surface area (Å²) >= 11 is 6.29. The van der Waals surface area contributed by atoms with Crippen molar-refractivity contribution in [2.45, 2.75) is 25.9 Å². The van der Waals surface area contributed by atoms with E-state index in [1.54, 1.807) is 60.9 Å². The Morgan fingerprint density at radius 3 is 2.45 bits per heavy atom. The van der Waals surface area contributed by atoms with E-state index in [-0.39, 0.29) is 18.7 Å². The molecule has 0 unspecified atom stereocenters. The average molecular weight is 532 g/mol. The third-order valence-corrected chi connectivity index (χ3v) is 6.16. The predicted octanol–water partition coefficient (Wildman–Crippen LogP) is 5.33. The summed E-state index contributed by atoms with van der Waals surface area (Å²) in [5, 5.41) is 18.3. The van der Waals surface area contributed by atoms with Crippen molar-refractivity contribution in [3.63, 3.8) is 0 Å². The Morgan fingerprint density at radius 1 is 1.03 bits per heavy atom. The van der Waals surface area contributed by atoms with Gasteiger partial charge in [-0.15, -0.1) is 0 Å². The van der Waals surface area contributed by atoms with E-state index in [0.29, 0.717) is 22.1 Å². The van der Waals surface area contributed by atoms with Crippen LogP contribution in [0.15, 0.2) is 90.0 Å². The molecule has 4 N–H and O–H groups in total. The Balaban J connectivity index is 1.65. The van der Waals surface area contributed by atoms with E-state index in [1.165, 1.54) is 4.57 Å². The van der Waals surface area contributed by atoms with Crippen molar-refractivity contribution in [3.05, 3.63) is 117 Å². The highest BCUT2D eigenvalue weighted by Gasteiger charge is 2.21. The lowest BCUT2D eigenvalue weighted by molar-refractivity contribution is -0.137. The van der Waals surface area contributed by atoms with Crippen LogP contribution < -0.4 is 21.5 Å². The zero-order valence-corrected chi connectivity index (χ0v) is 21.3. The number of carbonyl (C=O) groups is 2. The number of nitrogens with one attached hydrogen (secondary N) is 3. The summed E-state index contributed by atoms with van der Waals surface area (Å²) in [5.41, 5.74) is 2.18. The fourth-order valence-electron chi connectivity index (χ4n) is 3.84. The molecule has 0 fully saturated rings. The van der Waals surface area contributed by atoms with Gasteiger partial charge in [-0.1, -0.05) is 65.7 Å². The first-order valence-corrected chi connectivity index (χ1v) is 12.2. The maximum absolute atomic E-state index is 13.5. The van der Waals surface area contributed by atoms with Gasteiger partial charge in [-0.2, -0.15) is 0 Å². The Bertz CT molecular complexity index is 1490. The van der Waals surface area contributed by atoms with E-state index >= 15 is 0 Å². The zero-order chi connectivity index (χ0) is 27.1. The summed E-state index contributed by atoms with van der Waals surface area (Å²) in [6, 6.07) is 19.7. The van der Waals surface area contributed by atoms with Gasteiger partial charge in [0.15, 0.2) is 0 Å². The fraction of sp³-hybridized carbons (Fsp3) is 0.143. The number of aliphatic carboxylic acids is 1. The first-order valence-electron chi connectivity index (χ1n) is 11.8.